The Kier molecular flexibility index (Phi) is 3.77. The topological polar surface area (TPSA) is 20.2 Å². The third kappa shape index (κ3) is 2.09. The van der Waals surface area contributed by atoms with Gasteiger partial charge in [0.15, 0.2) is 0 Å². The second-order valence-electron chi connectivity index (χ2n) is 4.89. The SMILES string of the molecule is CCC1(C(O)c2sc(C)cc2Br)CCCC1. The average Bonchev–Trinajstić information content (AvgIpc) is 2.85. The standard InChI is InChI=1S/C13H19BrOS/c1-3-13(6-4-5-7-13)12(15)11-10(14)8-9(2)16-11/h8,12,15H,3-7H2,1-2H3. The molecule has 1 atom stereocenters. The van der Waals surface area contributed by atoms with E-state index in [0.717, 1.165) is 15.8 Å². The molecule has 1 unspecified atom stereocenters. The molecule has 0 spiro atoms. The Morgan fingerprint density at radius 1 is 1.50 bits per heavy atom. The van der Waals surface area contributed by atoms with Crippen molar-refractivity contribution in [2.24, 2.45) is 5.41 Å². The number of aliphatic hydroxyl groups is 1. The zero-order valence-corrected chi connectivity index (χ0v) is 12.3. The van der Waals surface area contributed by atoms with Gasteiger partial charge in [-0.3, -0.25) is 0 Å². The lowest BCUT2D eigenvalue weighted by Crippen LogP contribution is -2.24. The number of hydrogen-bond donors (Lipinski definition) is 1. The summed E-state index contributed by atoms with van der Waals surface area (Å²) < 4.78 is 1.09. The molecule has 0 amide bonds. The number of aryl methyl sites for hydroxylation is 1. The molecule has 3 heteroatoms. The molecule has 1 N–H and O–H groups in total. The van der Waals surface area contributed by atoms with E-state index in [0.29, 0.717) is 0 Å². The highest BCUT2D eigenvalue weighted by molar-refractivity contribution is 9.10. The summed E-state index contributed by atoms with van der Waals surface area (Å²) in [5, 5.41) is 10.6. The van der Waals surface area contributed by atoms with Crippen LogP contribution in [0.1, 0.15) is 54.9 Å². The second-order valence-corrected chi connectivity index (χ2v) is 7.04. The van der Waals surface area contributed by atoms with E-state index in [4.69, 9.17) is 0 Å². The number of rotatable bonds is 3. The highest BCUT2D eigenvalue weighted by Crippen LogP contribution is 2.52. The number of hydrogen-bond acceptors (Lipinski definition) is 2. The van der Waals surface area contributed by atoms with E-state index in [1.54, 1.807) is 11.3 Å². The van der Waals surface area contributed by atoms with Gasteiger partial charge in [0.05, 0.1) is 6.10 Å². The van der Waals surface area contributed by atoms with E-state index in [1.165, 1.54) is 30.6 Å². The monoisotopic (exact) mass is 302 g/mol. The highest BCUT2D eigenvalue weighted by Gasteiger charge is 2.40. The normalized spacial score (nSPS) is 21.2. The molecule has 1 aromatic heterocycles. The zero-order valence-electron chi connectivity index (χ0n) is 9.92. The minimum atomic E-state index is -0.284. The van der Waals surface area contributed by atoms with Crippen LogP contribution in [0.2, 0.25) is 0 Å². The first-order valence-corrected chi connectivity index (χ1v) is 7.64. The fraction of sp³-hybridized carbons (Fsp3) is 0.692. The first-order chi connectivity index (χ1) is 7.59. The highest BCUT2D eigenvalue weighted by atomic mass is 79.9. The summed E-state index contributed by atoms with van der Waals surface area (Å²) in [5.74, 6) is 0. The van der Waals surface area contributed by atoms with E-state index in [-0.39, 0.29) is 11.5 Å². The van der Waals surface area contributed by atoms with Gasteiger partial charge in [0.2, 0.25) is 0 Å². The quantitative estimate of drug-likeness (QED) is 0.848. The van der Waals surface area contributed by atoms with Crippen molar-refractivity contribution in [2.75, 3.05) is 0 Å². The number of aliphatic hydroxyl groups excluding tert-OH is 1. The zero-order chi connectivity index (χ0) is 11.8. The van der Waals surface area contributed by atoms with Gasteiger partial charge in [0.25, 0.3) is 0 Å². The Bertz CT molecular complexity index is 366. The predicted octanol–water partition coefficient (Wildman–Crippen LogP) is 4.82. The molecule has 1 nitrogen and oxygen atoms in total. The van der Waals surface area contributed by atoms with E-state index in [2.05, 4.69) is 35.8 Å². The summed E-state index contributed by atoms with van der Waals surface area (Å²) in [6.07, 6.45) is 5.69. The van der Waals surface area contributed by atoms with Gasteiger partial charge in [-0.05, 0) is 48.2 Å². The van der Waals surface area contributed by atoms with Gasteiger partial charge in [0, 0.05) is 19.6 Å². The summed E-state index contributed by atoms with van der Waals surface area (Å²) in [4.78, 5) is 2.39. The van der Waals surface area contributed by atoms with Gasteiger partial charge in [-0.25, -0.2) is 0 Å². The van der Waals surface area contributed by atoms with Crippen LogP contribution in [0.5, 0.6) is 0 Å². The van der Waals surface area contributed by atoms with Crippen molar-refractivity contribution in [1.82, 2.24) is 0 Å². The summed E-state index contributed by atoms with van der Waals surface area (Å²) in [5.41, 5.74) is 0.139. The molecule has 2 rings (SSSR count). The van der Waals surface area contributed by atoms with Crippen molar-refractivity contribution < 1.29 is 5.11 Å². The van der Waals surface area contributed by atoms with Crippen LogP contribution in [0.15, 0.2) is 10.5 Å². The van der Waals surface area contributed by atoms with Gasteiger partial charge in [0.1, 0.15) is 0 Å². The lowest BCUT2D eigenvalue weighted by Gasteiger charge is -2.33. The van der Waals surface area contributed by atoms with E-state index in [1.807, 2.05) is 0 Å². The summed E-state index contributed by atoms with van der Waals surface area (Å²) in [6.45, 7) is 4.31. The van der Waals surface area contributed by atoms with Gasteiger partial charge >= 0.3 is 0 Å². The molecular formula is C13H19BrOS. The number of thiophene rings is 1. The Morgan fingerprint density at radius 2 is 2.12 bits per heavy atom. The maximum atomic E-state index is 10.6. The van der Waals surface area contributed by atoms with Crippen LogP contribution in [0, 0.1) is 12.3 Å². The molecule has 1 fully saturated rings. The fourth-order valence-corrected chi connectivity index (χ4v) is 4.86. The van der Waals surface area contributed by atoms with Crippen LogP contribution < -0.4 is 0 Å². The summed E-state index contributed by atoms with van der Waals surface area (Å²) in [6, 6.07) is 2.11. The van der Waals surface area contributed by atoms with Crippen molar-refractivity contribution in [3.63, 3.8) is 0 Å². The van der Waals surface area contributed by atoms with Crippen LogP contribution >= 0.6 is 27.3 Å². The lowest BCUT2D eigenvalue weighted by atomic mass is 9.77. The molecule has 1 heterocycles. The van der Waals surface area contributed by atoms with Crippen LogP contribution in [0.4, 0.5) is 0 Å². The number of halogens is 1. The fourth-order valence-electron chi connectivity index (χ4n) is 2.87. The Labute approximate surface area is 110 Å². The minimum Gasteiger partial charge on any atom is -0.387 e. The molecule has 1 saturated carbocycles. The van der Waals surface area contributed by atoms with Gasteiger partial charge in [-0.15, -0.1) is 11.3 Å². The third-order valence-electron chi connectivity index (χ3n) is 3.97. The second kappa shape index (κ2) is 4.79. The maximum absolute atomic E-state index is 10.6. The van der Waals surface area contributed by atoms with Crippen molar-refractivity contribution in [3.8, 4) is 0 Å². The predicted molar refractivity (Wildman–Crippen MR) is 72.9 cm³/mol. The molecule has 0 radical (unpaired) electrons. The third-order valence-corrected chi connectivity index (χ3v) is 5.99. The van der Waals surface area contributed by atoms with Crippen LogP contribution in [0.25, 0.3) is 0 Å². The van der Waals surface area contributed by atoms with Crippen molar-refractivity contribution in [1.29, 1.82) is 0 Å². The van der Waals surface area contributed by atoms with E-state index in [9.17, 15) is 5.11 Å². The molecule has 0 bridgehead atoms. The van der Waals surface area contributed by atoms with Crippen molar-refractivity contribution in [3.05, 3.63) is 20.3 Å². The first-order valence-electron chi connectivity index (χ1n) is 6.03. The van der Waals surface area contributed by atoms with Crippen LogP contribution in [-0.4, -0.2) is 5.11 Å². The Hall–Kier alpha value is 0.140. The molecule has 0 saturated heterocycles. The molecule has 90 valence electrons. The molecule has 1 aliphatic carbocycles. The molecular weight excluding hydrogens is 284 g/mol. The first kappa shape index (κ1) is 12.6. The van der Waals surface area contributed by atoms with Crippen molar-refractivity contribution >= 4 is 27.3 Å². The van der Waals surface area contributed by atoms with Gasteiger partial charge in [-0.2, -0.15) is 0 Å². The smallest absolute Gasteiger partial charge is 0.0949 e. The van der Waals surface area contributed by atoms with Crippen molar-refractivity contribution in [2.45, 2.75) is 52.1 Å². The maximum Gasteiger partial charge on any atom is 0.0949 e. The minimum absolute atomic E-state index is 0.139. The van der Waals surface area contributed by atoms with E-state index >= 15 is 0 Å². The summed E-state index contributed by atoms with van der Waals surface area (Å²) >= 11 is 5.29. The molecule has 1 aromatic rings. The Morgan fingerprint density at radius 3 is 2.56 bits per heavy atom. The van der Waals surface area contributed by atoms with Gasteiger partial charge in [-0.1, -0.05) is 19.8 Å². The van der Waals surface area contributed by atoms with E-state index < -0.39 is 0 Å². The molecule has 0 aliphatic heterocycles. The van der Waals surface area contributed by atoms with Crippen LogP contribution in [-0.2, 0) is 0 Å². The molecule has 16 heavy (non-hydrogen) atoms. The average molecular weight is 303 g/mol. The molecule has 0 aromatic carbocycles. The molecule has 1 aliphatic rings. The largest absolute Gasteiger partial charge is 0.387 e. The van der Waals surface area contributed by atoms with Crippen LogP contribution in [0.3, 0.4) is 0 Å². The summed E-state index contributed by atoms with van der Waals surface area (Å²) in [7, 11) is 0. The van der Waals surface area contributed by atoms with Gasteiger partial charge < -0.3 is 5.11 Å². The Balaban J connectivity index is 2.29. The lowest BCUT2D eigenvalue weighted by molar-refractivity contribution is 0.0260.